The number of hydrogen-bond acceptors (Lipinski definition) is 5. The molecule has 0 radical (unpaired) electrons. The fourth-order valence-electron chi connectivity index (χ4n) is 2.18. The molecule has 0 aliphatic rings. The molecule has 5 nitrogen and oxygen atoms in total. The van der Waals surface area contributed by atoms with Crippen LogP contribution in [-0.2, 0) is 26.8 Å². The number of carbonyl (C=O) groups is 1. The molecule has 0 spiro atoms. The molecule has 1 rings (SSSR count). The third kappa shape index (κ3) is 7.35. The van der Waals surface area contributed by atoms with Gasteiger partial charge in [0.15, 0.2) is 9.84 Å². The number of carbonyl (C=O) groups excluding carboxylic acids is 1. The minimum Gasteiger partial charge on any atom is -0.353 e. The number of nitrogens with zero attached hydrogens (tertiary/aromatic N) is 1. The van der Waals surface area contributed by atoms with Gasteiger partial charge in [-0.15, -0.1) is 11.3 Å². The molecule has 22 heavy (non-hydrogen) atoms. The van der Waals surface area contributed by atoms with Gasteiger partial charge in [-0.3, -0.25) is 4.79 Å². The standard InChI is InChI=1S/C15H26N2O3S2/c1-5-6-7-8-11(2)16-14(18)9-13-12(3)17-15(21-13)10-22(4,19)20/h11H,5-10H2,1-4H3,(H,16,18). The van der Waals surface area contributed by atoms with E-state index < -0.39 is 9.84 Å². The van der Waals surface area contributed by atoms with Crippen LogP contribution in [0, 0.1) is 6.92 Å². The Hall–Kier alpha value is -0.950. The molecule has 1 aromatic heterocycles. The second-order valence-electron chi connectivity index (χ2n) is 5.83. The lowest BCUT2D eigenvalue weighted by molar-refractivity contribution is -0.121. The zero-order valence-corrected chi connectivity index (χ0v) is 15.4. The number of aromatic nitrogens is 1. The van der Waals surface area contributed by atoms with Crippen LogP contribution >= 0.6 is 11.3 Å². The first-order valence-electron chi connectivity index (χ1n) is 7.63. The quantitative estimate of drug-likeness (QED) is 0.697. The predicted molar refractivity (Wildman–Crippen MR) is 90.8 cm³/mol. The lowest BCUT2D eigenvalue weighted by atomic mass is 10.1. The highest BCUT2D eigenvalue weighted by Crippen LogP contribution is 2.20. The van der Waals surface area contributed by atoms with Gasteiger partial charge in [0.2, 0.25) is 5.91 Å². The van der Waals surface area contributed by atoms with Crippen LogP contribution in [0.2, 0.25) is 0 Å². The zero-order chi connectivity index (χ0) is 16.8. The van der Waals surface area contributed by atoms with E-state index in [2.05, 4.69) is 17.2 Å². The number of thiazole rings is 1. The Balaban J connectivity index is 2.54. The van der Waals surface area contributed by atoms with Crippen molar-refractivity contribution in [1.29, 1.82) is 0 Å². The molecule has 0 saturated carbocycles. The topological polar surface area (TPSA) is 76.1 Å². The Kier molecular flexibility index (Phi) is 7.48. The normalized spacial score (nSPS) is 13.1. The third-order valence-corrected chi connectivity index (χ3v) is 5.43. The van der Waals surface area contributed by atoms with E-state index in [1.54, 1.807) is 0 Å². The Bertz CT molecular complexity index is 594. The summed E-state index contributed by atoms with van der Waals surface area (Å²) < 4.78 is 22.6. The summed E-state index contributed by atoms with van der Waals surface area (Å²) in [6.07, 6.45) is 5.92. The maximum atomic E-state index is 12.1. The molecule has 0 saturated heterocycles. The van der Waals surface area contributed by atoms with Crippen LogP contribution in [0.5, 0.6) is 0 Å². The molecule has 126 valence electrons. The zero-order valence-electron chi connectivity index (χ0n) is 13.8. The molecule has 0 fully saturated rings. The second-order valence-corrected chi connectivity index (χ2v) is 9.14. The molecule has 1 amide bonds. The Morgan fingerprint density at radius 2 is 2.05 bits per heavy atom. The van der Waals surface area contributed by atoms with Crippen LogP contribution in [-0.4, -0.2) is 31.6 Å². The van der Waals surface area contributed by atoms with Gasteiger partial charge in [0.25, 0.3) is 0 Å². The monoisotopic (exact) mass is 346 g/mol. The van der Waals surface area contributed by atoms with Crippen LogP contribution in [0.15, 0.2) is 0 Å². The van der Waals surface area contributed by atoms with Crippen molar-refractivity contribution in [3.63, 3.8) is 0 Å². The molecular formula is C15H26N2O3S2. The van der Waals surface area contributed by atoms with Crippen LogP contribution in [0.4, 0.5) is 0 Å². The number of sulfone groups is 1. The largest absolute Gasteiger partial charge is 0.353 e. The molecule has 0 bridgehead atoms. The van der Waals surface area contributed by atoms with Crippen molar-refractivity contribution in [3.8, 4) is 0 Å². The fourth-order valence-corrected chi connectivity index (χ4v) is 4.44. The third-order valence-electron chi connectivity index (χ3n) is 3.29. The highest BCUT2D eigenvalue weighted by molar-refractivity contribution is 7.90. The average molecular weight is 347 g/mol. The molecular weight excluding hydrogens is 320 g/mol. The highest BCUT2D eigenvalue weighted by Gasteiger charge is 2.15. The number of hydrogen-bond donors (Lipinski definition) is 1. The maximum Gasteiger partial charge on any atom is 0.225 e. The van der Waals surface area contributed by atoms with Gasteiger partial charge >= 0.3 is 0 Å². The van der Waals surface area contributed by atoms with E-state index in [9.17, 15) is 13.2 Å². The van der Waals surface area contributed by atoms with Crippen molar-refractivity contribution in [2.45, 2.75) is 64.7 Å². The van der Waals surface area contributed by atoms with Gasteiger partial charge in [-0.05, 0) is 20.3 Å². The summed E-state index contributed by atoms with van der Waals surface area (Å²) in [6, 6.07) is 0.169. The summed E-state index contributed by atoms with van der Waals surface area (Å²) in [5.74, 6) is -0.0882. The van der Waals surface area contributed by atoms with Crippen molar-refractivity contribution in [1.82, 2.24) is 10.3 Å². The van der Waals surface area contributed by atoms with E-state index in [0.717, 1.165) is 23.4 Å². The number of unbranched alkanes of at least 4 members (excludes halogenated alkanes) is 2. The lowest BCUT2D eigenvalue weighted by Gasteiger charge is -2.13. The van der Waals surface area contributed by atoms with E-state index in [-0.39, 0.29) is 24.1 Å². The van der Waals surface area contributed by atoms with Gasteiger partial charge in [-0.25, -0.2) is 13.4 Å². The van der Waals surface area contributed by atoms with Gasteiger partial charge in [0.05, 0.1) is 12.1 Å². The Labute approximate surface area is 137 Å². The van der Waals surface area contributed by atoms with E-state index in [4.69, 9.17) is 0 Å². The molecule has 1 heterocycles. The molecule has 1 unspecified atom stereocenters. The van der Waals surface area contributed by atoms with Gasteiger partial charge in [-0.1, -0.05) is 26.2 Å². The summed E-state index contributed by atoms with van der Waals surface area (Å²) >= 11 is 1.31. The van der Waals surface area contributed by atoms with Crippen molar-refractivity contribution in [3.05, 3.63) is 15.6 Å². The number of aryl methyl sites for hydroxylation is 1. The molecule has 0 aliphatic heterocycles. The van der Waals surface area contributed by atoms with Crippen molar-refractivity contribution in [2.24, 2.45) is 0 Å². The fraction of sp³-hybridized carbons (Fsp3) is 0.733. The van der Waals surface area contributed by atoms with Crippen molar-refractivity contribution in [2.75, 3.05) is 6.26 Å². The lowest BCUT2D eigenvalue weighted by Crippen LogP contribution is -2.33. The highest BCUT2D eigenvalue weighted by atomic mass is 32.2. The van der Waals surface area contributed by atoms with Crippen LogP contribution in [0.3, 0.4) is 0 Å². The summed E-state index contributed by atoms with van der Waals surface area (Å²) in [4.78, 5) is 17.1. The molecule has 1 N–H and O–H groups in total. The van der Waals surface area contributed by atoms with Crippen molar-refractivity contribution >= 4 is 27.1 Å². The van der Waals surface area contributed by atoms with Crippen molar-refractivity contribution < 1.29 is 13.2 Å². The van der Waals surface area contributed by atoms with Crippen LogP contribution in [0.1, 0.15) is 55.1 Å². The predicted octanol–water partition coefficient (Wildman–Crippen LogP) is 2.62. The average Bonchev–Trinajstić information content (AvgIpc) is 2.67. The summed E-state index contributed by atoms with van der Waals surface area (Å²) in [7, 11) is -3.09. The Morgan fingerprint density at radius 3 is 2.64 bits per heavy atom. The van der Waals surface area contributed by atoms with Gasteiger partial charge < -0.3 is 5.32 Å². The molecule has 1 atom stereocenters. The first-order chi connectivity index (χ1) is 10.2. The first kappa shape index (κ1) is 19.1. The second kappa shape index (κ2) is 8.62. The molecule has 0 aliphatic carbocycles. The summed E-state index contributed by atoms with van der Waals surface area (Å²) in [5.41, 5.74) is 0.748. The molecule has 7 heteroatoms. The minimum absolute atomic E-state index is 0.0262. The summed E-state index contributed by atoms with van der Waals surface area (Å²) in [5, 5.41) is 3.55. The Morgan fingerprint density at radius 1 is 1.36 bits per heavy atom. The first-order valence-corrected chi connectivity index (χ1v) is 10.5. The molecule has 0 aromatic carbocycles. The van der Waals surface area contributed by atoms with Crippen LogP contribution in [0.25, 0.3) is 0 Å². The smallest absolute Gasteiger partial charge is 0.225 e. The number of rotatable bonds is 9. The van der Waals surface area contributed by atoms with E-state index in [1.165, 1.54) is 30.4 Å². The van der Waals surface area contributed by atoms with Gasteiger partial charge in [0, 0.05) is 17.2 Å². The minimum atomic E-state index is -3.09. The van der Waals surface area contributed by atoms with E-state index >= 15 is 0 Å². The van der Waals surface area contributed by atoms with E-state index in [0.29, 0.717) is 5.01 Å². The van der Waals surface area contributed by atoms with Gasteiger partial charge in [-0.2, -0.15) is 0 Å². The number of nitrogens with one attached hydrogen (secondary N) is 1. The van der Waals surface area contributed by atoms with E-state index in [1.807, 2.05) is 13.8 Å². The number of amides is 1. The van der Waals surface area contributed by atoms with Gasteiger partial charge in [0.1, 0.15) is 10.8 Å². The molecule has 1 aromatic rings. The summed E-state index contributed by atoms with van der Waals surface area (Å²) in [6.45, 7) is 5.99. The SMILES string of the molecule is CCCCCC(C)NC(=O)Cc1sc(CS(C)(=O)=O)nc1C. The maximum absolute atomic E-state index is 12.1. The van der Waals surface area contributed by atoms with Crippen LogP contribution < -0.4 is 5.32 Å².